The number of imidazole rings is 1. The van der Waals surface area contributed by atoms with E-state index >= 15 is 0 Å². The van der Waals surface area contributed by atoms with Crippen molar-refractivity contribution in [3.05, 3.63) is 71.7 Å². The Morgan fingerprint density at radius 2 is 1.80 bits per heavy atom. The van der Waals surface area contributed by atoms with Crippen LogP contribution >= 0.6 is 24.8 Å². The van der Waals surface area contributed by atoms with Gasteiger partial charge in [-0.15, -0.1) is 24.8 Å². The van der Waals surface area contributed by atoms with Crippen molar-refractivity contribution in [2.24, 2.45) is 5.73 Å². The minimum Gasteiger partial charge on any atom is -0.326 e. The maximum Gasteiger partial charge on any atom is 0.137 e. The molecule has 0 radical (unpaired) electrons. The summed E-state index contributed by atoms with van der Waals surface area (Å²) in [5.41, 5.74) is 11.1. The Morgan fingerprint density at radius 1 is 1.04 bits per heavy atom. The Hall–Kier alpha value is -1.59. The maximum absolute atomic E-state index is 6.38. The summed E-state index contributed by atoms with van der Waals surface area (Å²) in [5.74, 6) is 0.412. The molecule has 0 aliphatic carbocycles. The summed E-state index contributed by atoms with van der Waals surface area (Å²) in [6.07, 6.45) is 4.25. The first kappa shape index (κ1) is 19.7. The van der Waals surface area contributed by atoms with E-state index in [4.69, 9.17) is 10.7 Å². The van der Waals surface area contributed by atoms with Crippen LogP contribution in [-0.2, 0) is 6.54 Å². The fraction of sp³-hybridized carbons (Fsp3) is 0.316. The fourth-order valence-electron chi connectivity index (χ4n) is 3.56. The molecule has 4 nitrogen and oxygen atoms in total. The number of fused-ring (bicyclic) bond motifs is 1. The second kappa shape index (κ2) is 8.19. The smallest absolute Gasteiger partial charge is 0.137 e. The number of hydrogen-bond acceptors (Lipinski definition) is 3. The molecule has 0 spiro atoms. The SMILES string of the molecule is Cc1ccc2nc(CN3C[C@@H](N)[C@H](c4ccccc4)C3)cn2c1.Cl.Cl. The lowest BCUT2D eigenvalue weighted by molar-refractivity contribution is 0.320. The summed E-state index contributed by atoms with van der Waals surface area (Å²) >= 11 is 0. The number of aryl methyl sites for hydroxylation is 1. The third-order valence-electron chi connectivity index (χ3n) is 4.70. The molecule has 0 amide bonds. The van der Waals surface area contributed by atoms with Crippen LogP contribution in [0.1, 0.15) is 22.7 Å². The fourth-order valence-corrected chi connectivity index (χ4v) is 3.56. The van der Waals surface area contributed by atoms with Crippen LogP contribution in [0.5, 0.6) is 0 Å². The standard InChI is InChI=1S/C19H22N4.2ClH/c1-14-7-8-19-21-16(11-23(19)9-14)10-22-12-17(18(20)13-22)15-5-3-2-4-6-15;;/h2-9,11,17-18H,10,12-13,20H2,1H3;2*1H/t17-,18+;;/m0../s1. The lowest BCUT2D eigenvalue weighted by atomic mass is 9.95. The maximum atomic E-state index is 6.38. The normalized spacial score (nSPS) is 20.2. The van der Waals surface area contributed by atoms with Crippen LogP contribution in [0, 0.1) is 6.92 Å². The van der Waals surface area contributed by atoms with E-state index in [9.17, 15) is 0 Å². The number of hydrogen-bond donors (Lipinski definition) is 1. The number of pyridine rings is 1. The molecule has 0 saturated carbocycles. The van der Waals surface area contributed by atoms with E-state index in [-0.39, 0.29) is 30.9 Å². The molecule has 3 aromatic rings. The van der Waals surface area contributed by atoms with Crippen molar-refractivity contribution < 1.29 is 0 Å². The molecule has 2 atom stereocenters. The number of nitrogens with two attached hydrogens (primary N) is 1. The second-order valence-electron chi connectivity index (χ2n) is 6.58. The third kappa shape index (κ3) is 4.15. The zero-order valence-electron chi connectivity index (χ0n) is 14.2. The number of nitrogens with zero attached hydrogens (tertiary/aromatic N) is 3. The number of halogens is 2. The van der Waals surface area contributed by atoms with Gasteiger partial charge in [0, 0.05) is 44.0 Å². The van der Waals surface area contributed by atoms with Crippen LogP contribution < -0.4 is 5.73 Å². The molecule has 2 aromatic heterocycles. The molecule has 1 aliphatic rings. The van der Waals surface area contributed by atoms with Gasteiger partial charge in [0.05, 0.1) is 5.69 Å². The molecule has 134 valence electrons. The molecule has 0 unspecified atom stereocenters. The zero-order chi connectivity index (χ0) is 15.8. The molecule has 25 heavy (non-hydrogen) atoms. The van der Waals surface area contributed by atoms with Gasteiger partial charge in [-0.1, -0.05) is 36.4 Å². The van der Waals surface area contributed by atoms with Gasteiger partial charge >= 0.3 is 0 Å². The Balaban J connectivity index is 0.00000113. The molecule has 0 bridgehead atoms. The summed E-state index contributed by atoms with van der Waals surface area (Å²) in [6, 6.07) is 15.0. The molecular weight excluding hydrogens is 355 g/mol. The third-order valence-corrected chi connectivity index (χ3v) is 4.70. The molecule has 6 heteroatoms. The van der Waals surface area contributed by atoms with Crippen LogP contribution in [-0.4, -0.2) is 33.4 Å². The summed E-state index contributed by atoms with van der Waals surface area (Å²) < 4.78 is 2.11. The number of likely N-dealkylation sites (tertiary alicyclic amines) is 1. The summed E-state index contributed by atoms with van der Waals surface area (Å²) in [5, 5.41) is 0. The Labute approximate surface area is 160 Å². The molecule has 4 rings (SSSR count). The van der Waals surface area contributed by atoms with Crippen LogP contribution in [0.2, 0.25) is 0 Å². The van der Waals surface area contributed by atoms with Crippen molar-refractivity contribution in [1.29, 1.82) is 0 Å². The summed E-state index contributed by atoms with van der Waals surface area (Å²) in [6.45, 7) is 4.88. The second-order valence-corrected chi connectivity index (χ2v) is 6.58. The van der Waals surface area contributed by atoms with Crippen LogP contribution in [0.15, 0.2) is 54.9 Å². The van der Waals surface area contributed by atoms with Gasteiger partial charge in [0.1, 0.15) is 5.65 Å². The molecule has 1 saturated heterocycles. The lowest BCUT2D eigenvalue weighted by Crippen LogP contribution is -2.28. The van der Waals surface area contributed by atoms with E-state index in [1.54, 1.807) is 0 Å². The van der Waals surface area contributed by atoms with Gasteiger partial charge in [-0.3, -0.25) is 4.90 Å². The first-order valence-corrected chi connectivity index (χ1v) is 8.16. The number of rotatable bonds is 3. The predicted molar refractivity (Wildman–Crippen MR) is 107 cm³/mol. The molecule has 1 fully saturated rings. The molecule has 3 heterocycles. The van der Waals surface area contributed by atoms with Gasteiger partial charge in [0.15, 0.2) is 0 Å². The van der Waals surface area contributed by atoms with Gasteiger partial charge in [0.2, 0.25) is 0 Å². The van der Waals surface area contributed by atoms with Crippen molar-refractivity contribution in [2.75, 3.05) is 13.1 Å². The first-order chi connectivity index (χ1) is 11.2. The van der Waals surface area contributed by atoms with E-state index < -0.39 is 0 Å². The highest BCUT2D eigenvalue weighted by atomic mass is 35.5. The average molecular weight is 379 g/mol. The highest BCUT2D eigenvalue weighted by molar-refractivity contribution is 5.85. The lowest BCUT2D eigenvalue weighted by Gasteiger charge is -2.15. The molecule has 1 aliphatic heterocycles. The summed E-state index contributed by atoms with van der Waals surface area (Å²) in [7, 11) is 0. The van der Waals surface area contributed by atoms with E-state index in [0.717, 1.165) is 31.0 Å². The van der Waals surface area contributed by atoms with Crippen molar-refractivity contribution in [3.8, 4) is 0 Å². The highest BCUT2D eigenvalue weighted by Crippen LogP contribution is 2.27. The Kier molecular flexibility index (Phi) is 6.47. The molecule has 2 N–H and O–H groups in total. The van der Waals surface area contributed by atoms with Crippen molar-refractivity contribution in [3.63, 3.8) is 0 Å². The highest BCUT2D eigenvalue weighted by Gasteiger charge is 2.31. The van der Waals surface area contributed by atoms with Gasteiger partial charge in [-0.05, 0) is 24.1 Å². The Morgan fingerprint density at radius 3 is 2.56 bits per heavy atom. The van der Waals surface area contributed by atoms with Crippen molar-refractivity contribution in [2.45, 2.75) is 25.4 Å². The topological polar surface area (TPSA) is 46.6 Å². The number of aromatic nitrogens is 2. The first-order valence-electron chi connectivity index (χ1n) is 8.16. The van der Waals surface area contributed by atoms with Crippen molar-refractivity contribution >= 4 is 30.5 Å². The Bertz CT molecular complexity index is 819. The average Bonchev–Trinajstić information content (AvgIpc) is 3.10. The van der Waals surface area contributed by atoms with E-state index in [1.807, 2.05) is 0 Å². The van der Waals surface area contributed by atoms with Gasteiger partial charge in [-0.2, -0.15) is 0 Å². The van der Waals surface area contributed by atoms with Gasteiger partial charge < -0.3 is 10.1 Å². The molecule has 1 aromatic carbocycles. The van der Waals surface area contributed by atoms with Crippen molar-refractivity contribution in [1.82, 2.24) is 14.3 Å². The zero-order valence-corrected chi connectivity index (χ0v) is 15.8. The van der Waals surface area contributed by atoms with Gasteiger partial charge in [-0.25, -0.2) is 4.98 Å². The number of benzene rings is 1. The molecular formula is C19H24Cl2N4. The quantitative estimate of drug-likeness (QED) is 0.759. The van der Waals surface area contributed by atoms with Crippen LogP contribution in [0.4, 0.5) is 0 Å². The van der Waals surface area contributed by atoms with Crippen LogP contribution in [0.3, 0.4) is 0 Å². The predicted octanol–water partition coefficient (Wildman–Crippen LogP) is 3.41. The largest absolute Gasteiger partial charge is 0.326 e. The monoisotopic (exact) mass is 378 g/mol. The minimum absolute atomic E-state index is 0. The summed E-state index contributed by atoms with van der Waals surface area (Å²) in [4.78, 5) is 7.13. The van der Waals surface area contributed by atoms with Gasteiger partial charge in [0.25, 0.3) is 0 Å². The van der Waals surface area contributed by atoms with E-state index in [1.165, 1.54) is 11.1 Å². The van der Waals surface area contributed by atoms with E-state index in [0.29, 0.717) is 5.92 Å². The minimum atomic E-state index is 0. The van der Waals surface area contributed by atoms with Crippen LogP contribution in [0.25, 0.3) is 5.65 Å². The van der Waals surface area contributed by atoms with E-state index in [2.05, 4.69) is 71.1 Å².